The minimum absolute atomic E-state index is 0.173. The number of hydrogen-bond donors (Lipinski definition) is 1. The lowest BCUT2D eigenvalue weighted by molar-refractivity contribution is -0.274. The molecule has 3 heterocycles. The maximum atomic E-state index is 13.2. The fourth-order valence-corrected chi connectivity index (χ4v) is 3.69. The fraction of sp³-hybridized carbons (Fsp3) is 0.350. The second-order valence-corrected chi connectivity index (χ2v) is 7.01. The molecule has 7 nitrogen and oxygen atoms in total. The van der Waals surface area contributed by atoms with E-state index in [1.807, 2.05) is 0 Å². The van der Waals surface area contributed by atoms with Crippen LogP contribution in [0.3, 0.4) is 0 Å². The normalized spacial score (nSPS) is 18.4. The number of nitrogens with two attached hydrogens (primary N) is 1. The van der Waals surface area contributed by atoms with Crippen molar-refractivity contribution in [3.05, 3.63) is 54.0 Å². The maximum Gasteiger partial charge on any atom is 0.573 e. The van der Waals surface area contributed by atoms with Gasteiger partial charge in [0.2, 0.25) is 5.89 Å². The summed E-state index contributed by atoms with van der Waals surface area (Å²) in [6.45, 7) is 0.357. The Morgan fingerprint density at radius 3 is 2.80 bits per heavy atom. The van der Waals surface area contributed by atoms with Crippen LogP contribution in [0.15, 0.2) is 47.0 Å². The molecule has 0 aliphatic carbocycles. The van der Waals surface area contributed by atoms with Crippen molar-refractivity contribution in [2.24, 2.45) is 5.73 Å². The number of carbonyl (C=O) groups is 1. The Hall–Kier alpha value is -3.14. The number of amides is 1. The van der Waals surface area contributed by atoms with E-state index in [0.29, 0.717) is 30.6 Å². The first kappa shape index (κ1) is 20.1. The second kappa shape index (κ2) is 7.94. The zero-order chi connectivity index (χ0) is 21.3. The predicted molar refractivity (Wildman–Crippen MR) is 101 cm³/mol. The van der Waals surface area contributed by atoms with Crippen molar-refractivity contribution in [3.63, 3.8) is 0 Å². The van der Waals surface area contributed by atoms with E-state index in [1.54, 1.807) is 18.3 Å². The van der Waals surface area contributed by atoms with Crippen molar-refractivity contribution in [3.8, 4) is 5.75 Å². The number of piperidine rings is 1. The molecular weight excluding hydrogens is 401 g/mol. The highest BCUT2D eigenvalue weighted by Crippen LogP contribution is 2.32. The SMILES string of the molecule is NC(c1nc2ncccc2o1)C1CCCCN1C(=O)c1ccccc1OC(F)(F)F. The summed E-state index contributed by atoms with van der Waals surface area (Å²) in [6, 6.07) is 7.47. The van der Waals surface area contributed by atoms with E-state index in [2.05, 4.69) is 14.7 Å². The maximum absolute atomic E-state index is 13.2. The summed E-state index contributed by atoms with van der Waals surface area (Å²) in [5.74, 6) is -0.892. The molecule has 2 N–H and O–H groups in total. The van der Waals surface area contributed by atoms with Crippen LogP contribution in [0.4, 0.5) is 13.2 Å². The topological polar surface area (TPSA) is 94.5 Å². The number of rotatable bonds is 4. The molecule has 2 unspecified atom stereocenters. The minimum Gasteiger partial charge on any atom is -0.437 e. The van der Waals surface area contributed by atoms with Crippen LogP contribution in [0.1, 0.15) is 41.6 Å². The first-order valence-corrected chi connectivity index (χ1v) is 9.46. The van der Waals surface area contributed by atoms with Crippen LogP contribution in [0.5, 0.6) is 5.75 Å². The van der Waals surface area contributed by atoms with E-state index >= 15 is 0 Å². The van der Waals surface area contributed by atoms with Gasteiger partial charge in [0, 0.05) is 12.7 Å². The Morgan fingerprint density at radius 1 is 1.23 bits per heavy atom. The molecule has 2 atom stereocenters. The molecule has 4 rings (SSSR count). The lowest BCUT2D eigenvalue weighted by Gasteiger charge is -2.38. The third-order valence-electron chi connectivity index (χ3n) is 5.03. The highest BCUT2D eigenvalue weighted by atomic mass is 19.4. The van der Waals surface area contributed by atoms with E-state index in [4.69, 9.17) is 10.2 Å². The summed E-state index contributed by atoms with van der Waals surface area (Å²) < 4.78 is 48.0. The van der Waals surface area contributed by atoms with E-state index < -0.39 is 30.1 Å². The molecule has 0 spiro atoms. The van der Waals surface area contributed by atoms with E-state index in [1.165, 1.54) is 23.1 Å². The van der Waals surface area contributed by atoms with Gasteiger partial charge in [0.25, 0.3) is 5.91 Å². The van der Waals surface area contributed by atoms with Gasteiger partial charge in [-0.05, 0) is 43.5 Å². The number of halogens is 3. The van der Waals surface area contributed by atoms with Crippen molar-refractivity contribution >= 4 is 17.1 Å². The zero-order valence-electron chi connectivity index (χ0n) is 15.8. The van der Waals surface area contributed by atoms with Gasteiger partial charge < -0.3 is 19.8 Å². The highest BCUT2D eigenvalue weighted by molar-refractivity contribution is 5.97. The van der Waals surface area contributed by atoms with E-state index in [9.17, 15) is 18.0 Å². The molecule has 2 aromatic heterocycles. The molecular formula is C20H19F3N4O3. The van der Waals surface area contributed by atoms with E-state index in [-0.39, 0.29) is 11.5 Å². The van der Waals surface area contributed by atoms with Crippen molar-refractivity contribution in [2.75, 3.05) is 6.54 Å². The number of carbonyl (C=O) groups excluding carboxylic acids is 1. The monoisotopic (exact) mass is 420 g/mol. The fourth-order valence-electron chi connectivity index (χ4n) is 3.69. The van der Waals surface area contributed by atoms with Crippen LogP contribution in [-0.2, 0) is 0 Å². The van der Waals surface area contributed by atoms with Gasteiger partial charge in [0.15, 0.2) is 11.2 Å². The molecule has 1 aliphatic heterocycles. The smallest absolute Gasteiger partial charge is 0.437 e. The van der Waals surface area contributed by atoms with Crippen molar-refractivity contribution in [1.29, 1.82) is 0 Å². The molecule has 1 aliphatic rings. The number of pyridine rings is 1. The molecule has 30 heavy (non-hydrogen) atoms. The van der Waals surface area contributed by atoms with Crippen LogP contribution >= 0.6 is 0 Å². The molecule has 1 fully saturated rings. The number of alkyl halides is 3. The Labute approximate surface area is 169 Å². The Bertz CT molecular complexity index is 1020. The molecule has 0 radical (unpaired) electrons. The van der Waals surface area contributed by atoms with Crippen molar-refractivity contribution in [2.45, 2.75) is 37.7 Å². The lowest BCUT2D eigenvalue weighted by atomic mass is 9.94. The lowest BCUT2D eigenvalue weighted by Crippen LogP contribution is -2.49. The largest absolute Gasteiger partial charge is 0.573 e. The Balaban J connectivity index is 1.63. The number of para-hydroxylation sites is 1. The van der Waals surface area contributed by atoms with Gasteiger partial charge in [0.05, 0.1) is 11.6 Å². The summed E-state index contributed by atoms with van der Waals surface area (Å²) in [5, 5.41) is 0. The first-order valence-electron chi connectivity index (χ1n) is 9.46. The zero-order valence-corrected chi connectivity index (χ0v) is 15.8. The van der Waals surface area contributed by atoms with Crippen molar-refractivity contribution < 1.29 is 27.1 Å². The Kier molecular flexibility index (Phi) is 5.33. The Morgan fingerprint density at radius 2 is 2.03 bits per heavy atom. The van der Waals surface area contributed by atoms with Gasteiger partial charge in [-0.3, -0.25) is 4.79 Å². The number of likely N-dealkylation sites (tertiary alicyclic amines) is 1. The predicted octanol–water partition coefficient (Wildman–Crippen LogP) is 3.82. The molecule has 1 aromatic carbocycles. The van der Waals surface area contributed by atoms with Gasteiger partial charge in [-0.25, -0.2) is 4.98 Å². The third kappa shape index (κ3) is 4.09. The second-order valence-electron chi connectivity index (χ2n) is 7.01. The summed E-state index contributed by atoms with van der Waals surface area (Å²) in [7, 11) is 0. The van der Waals surface area contributed by atoms with Gasteiger partial charge in [-0.2, -0.15) is 4.98 Å². The number of fused-ring (bicyclic) bond motifs is 1. The molecule has 10 heteroatoms. The van der Waals surface area contributed by atoms with Crippen LogP contribution in [0.25, 0.3) is 11.2 Å². The highest BCUT2D eigenvalue weighted by Gasteiger charge is 2.37. The molecule has 1 saturated heterocycles. The number of hydrogen-bond acceptors (Lipinski definition) is 6. The van der Waals surface area contributed by atoms with Gasteiger partial charge in [-0.1, -0.05) is 12.1 Å². The standard InChI is InChI=1S/C20H19F3N4O3/c21-20(22,23)30-14-8-2-1-6-12(14)19(28)27-11-4-3-7-13(27)16(24)18-26-17-15(29-18)9-5-10-25-17/h1-2,5-6,8-10,13,16H,3-4,7,11,24H2. The summed E-state index contributed by atoms with van der Waals surface area (Å²) in [4.78, 5) is 23.1. The van der Waals surface area contributed by atoms with Crippen LogP contribution in [0.2, 0.25) is 0 Å². The molecule has 0 bridgehead atoms. The quantitative estimate of drug-likeness (QED) is 0.690. The number of benzene rings is 1. The van der Waals surface area contributed by atoms with Gasteiger partial charge in [-0.15, -0.1) is 13.2 Å². The summed E-state index contributed by atoms with van der Waals surface area (Å²) in [5.41, 5.74) is 7.09. The third-order valence-corrected chi connectivity index (χ3v) is 5.03. The average molecular weight is 420 g/mol. The van der Waals surface area contributed by atoms with E-state index in [0.717, 1.165) is 12.5 Å². The van der Waals surface area contributed by atoms with Crippen LogP contribution in [-0.4, -0.2) is 39.7 Å². The average Bonchev–Trinajstić information content (AvgIpc) is 3.16. The summed E-state index contributed by atoms with van der Waals surface area (Å²) in [6.07, 6.45) is -1.22. The van der Waals surface area contributed by atoms with Crippen LogP contribution < -0.4 is 10.5 Å². The number of ether oxygens (including phenoxy) is 1. The molecule has 1 amide bonds. The van der Waals surface area contributed by atoms with Crippen molar-refractivity contribution in [1.82, 2.24) is 14.9 Å². The van der Waals surface area contributed by atoms with Gasteiger partial charge in [0.1, 0.15) is 11.8 Å². The number of oxazole rings is 1. The number of nitrogens with zero attached hydrogens (tertiary/aromatic N) is 3. The van der Waals surface area contributed by atoms with Crippen LogP contribution in [0, 0.1) is 0 Å². The molecule has 0 saturated carbocycles. The van der Waals surface area contributed by atoms with Gasteiger partial charge >= 0.3 is 6.36 Å². The molecule has 158 valence electrons. The summed E-state index contributed by atoms with van der Waals surface area (Å²) >= 11 is 0. The number of aromatic nitrogens is 2. The first-order chi connectivity index (χ1) is 14.3. The molecule has 3 aromatic rings. The minimum atomic E-state index is -4.90.